The number of aryl methyl sites for hydroxylation is 1. The Morgan fingerprint density at radius 1 is 1.19 bits per heavy atom. The van der Waals surface area contributed by atoms with Gasteiger partial charge >= 0.3 is 0 Å². The Labute approximate surface area is 162 Å². The molecule has 0 spiro atoms. The van der Waals surface area contributed by atoms with Crippen molar-refractivity contribution in [3.63, 3.8) is 0 Å². The van der Waals surface area contributed by atoms with Gasteiger partial charge in [0.15, 0.2) is 0 Å². The smallest absolute Gasteiger partial charge is 0.140 e. The maximum absolute atomic E-state index is 11.9. The number of nitrogens with one attached hydrogen (secondary N) is 1. The summed E-state index contributed by atoms with van der Waals surface area (Å²) in [5.74, 6) is 1.21. The lowest BCUT2D eigenvalue weighted by Gasteiger charge is -2.47. The molecule has 1 aliphatic heterocycles. The first-order valence-electron chi connectivity index (χ1n) is 11.1. The lowest BCUT2D eigenvalue weighted by atomic mass is 9.63. The molecule has 2 fully saturated rings. The van der Waals surface area contributed by atoms with Crippen LogP contribution in [0.2, 0.25) is 0 Å². The second kappa shape index (κ2) is 6.89. The molecular formula is C23H33N3O. The van der Waals surface area contributed by atoms with Gasteiger partial charge in [-0.15, -0.1) is 0 Å². The van der Waals surface area contributed by atoms with Crippen molar-refractivity contribution in [1.29, 1.82) is 0 Å². The molecule has 0 aromatic carbocycles. The van der Waals surface area contributed by atoms with Gasteiger partial charge in [0.25, 0.3) is 0 Å². The van der Waals surface area contributed by atoms with Gasteiger partial charge in [0.05, 0.1) is 12.1 Å². The quantitative estimate of drug-likeness (QED) is 0.850. The van der Waals surface area contributed by atoms with Crippen LogP contribution in [0.4, 0.5) is 0 Å². The van der Waals surface area contributed by atoms with Gasteiger partial charge < -0.3 is 15.0 Å². The molecule has 2 aromatic rings. The molecule has 146 valence electrons. The number of nitrogens with zero attached hydrogens (tertiary/aromatic N) is 2. The lowest BCUT2D eigenvalue weighted by molar-refractivity contribution is -0.0984. The maximum Gasteiger partial charge on any atom is 0.140 e. The third-order valence-electron chi connectivity index (χ3n) is 7.56. The Morgan fingerprint density at radius 2 is 2.00 bits per heavy atom. The predicted molar refractivity (Wildman–Crippen MR) is 109 cm³/mol. The Bertz CT molecular complexity index is 840. The number of pyridine rings is 1. The second-order valence-electron chi connectivity index (χ2n) is 9.29. The molecule has 0 saturated heterocycles. The molecule has 27 heavy (non-hydrogen) atoms. The van der Waals surface area contributed by atoms with Crippen LogP contribution in [-0.2, 0) is 19.4 Å². The highest BCUT2D eigenvalue weighted by molar-refractivity contribution is 5.83. The van der Waals surface area contributed by atoms with Crippen molar-refractivity contribution < 1.29 is 5.11 Å². The highest BCUT2D eigenvalue weighted by atomic mass is 16.3. The van der Waals surface area contributed by atoms with Crippen molar-refractivity contribution in [2.24, 2.45) is 11.8 Å². The maximum atomic E-state index is 11.9. The van der Waals surface area contributed by atoms with Crippen molar-refractivity contribution in [1.82, 2.24) is 14.9 Å². The molecule has 0 bridgehead atoms. The van der Waals surface area contributed by atoms with Crippen LogP contribution in [-0.4, -0.2) is 33.3 Å². The number of hydrogen-bond acceptors (Lipinski definition) is 3. The second-order valence-corrected chi connectivity index (χ2v) is 9.29. The summed E-state index contributed by atoms with van der Waals surface area (Å²) in [6, 6.07) is 2.30. The fourth-order valence-corrected chi connectivity index (χ4v) is 6.31. The normalized spacial score (nSPS) is 31.3. The summed E-state index contributed by atoms with van der Waals surface area (Å²) in [7, 11) is 0. The van der Waals surface area contributed by atoms with E-state index in [0.717, 1.165) is 50.5 Å². The molecule has 5 rings (SSSR count). The van der Waals surface area contributed by atoms with E-state index in [9.17, 15) is 5.11 Å². The number of aliphatic hydroxyl groups is 1. The summed E-state index contributed by atoms with van der Waals surface area (Å²) < 4.78 is 2.41. The number of hydrogen-bond donors (Lipinski definition) is 2. The first kappa shape index (κ1) is 17.7. The van der Waals surface area contributed by atoms with Gasteiger partial charge in [-0.25, -0.2) is 4.98 Å². The molecular weight excluding hydrogens is 334 g/mol. The van der Waals surface area contributed by atoms with Crippen LogP contribution in [0.25, 0.3) is 11.0 Å². The van der Waals surface area contributed by atoms with Crippen LogP contribution in [0.3, 0.4) is 0 Å². The van der Waals surface area contributed by atoms with Crippen molar-refractivity contribution in [3.05, 3.63) is 29.1 Å². The topological polar surface area (TPSA) is 50.1 Å². The van der Waals surface area contributed by atoms with Gasteiger partial charge in [-0.2, -0.15) is 0 Å². The molecule has 3 atom stereocenters. The first-order valence-corrected chi connectivity index (χ1v) is 11.1. The van der Waals surface area contributed by atoms with Crippen LogP contribution in [0.5, 0.6) is 0 Å². The Kier molecular flexibility index (Phi) is 4.52. The van der Waals surface area contributed by atoms with Crippen molar-refractivity contribution in [3.8, 4) is 0 Å². The van der Waals surface area contributed by atoms with E-state index in [-0.39, 0.29) is 0 Å². The average molecular weight is 368 g/mol. The van der Waals surface area contributed by atoms with E-state index in [1.807, 2.05) is 6.20 Å². The van der Waals surface area contributed by atoms with E-state index in [0.29, 0.717) is 5.92 Å². The molecule has 2 aliphatic carbocycles. The van der Waals surface area contributed by atoms with Crippen LogP contribution < -0.4 is 5.32 Å². The van der Waals surface area contributed by atoms with E-state index in [4.69, 9.17) is 4.98 Å². The molecule has 4 nitrogen and oxygen atoms in total. The van der Waals surface area contributed by atoms with Crippen LogP contribution >= 0.6 is 0 Å². The van der Waals surface area contributed by atoms with Gasteiger partial charge in [0, 0.05) is 30.2 Å². The standard InChI is InChI=1S/C23H33N3O/c1-16-13-19-18-8-11-24-12-9-21(18)26(22(19)25-14-16)15-23(27)10-4-6-17-5-2-3-7-20(17)23/h13-14,17,20,24,27H,2-12,15H2,1H3. The van der Waals surface area contributed by atoms with E-state index < -0.39 is 5.60 Å². The summed E-state index contributed by atoms with van der Waals surface area (Å²) in [4.78, 5) is 4.85. The Morgan fingerprint density at radius 3 is 2.93 bits per heavy atom. The molecule has 2 aromatic heterocycles. The fourth-order valence-electron chi connectivity index (χ4n) is 6.31. The number of rotatable bonds is 2. The molecule has 2 N–H and O–H groups in total. The zero-order valence-corrected chi connectivity index (χ0v) is 16.6. The SMILES string of the molecule is Cc1cnc2c(c1)c1c(n2CC2(O)CCCC3CCCCC32)CCNCC1. The average Bonchev–Trinajstić information content (AvgIpc) is 2.83. The molecule has 3 unspecified atom stereocenters. The van der Waals surface area contributed by atoms with Crippen molar-refractivity contribution in [2.75, 3.05) is 13.1 Å². The zero-order valence-electron chi connectivity index (χ0n) is 16.6. The minimum atomic E-state index is -0.560. The predicted octanol–water partition coefficient (Wildman–Crippen LogP) is 3.75. The Balaban J connectivity index is 1.59. The van der Waals surface area contributed by atoms with Crippen LogP contribution in [0, 0.1) is 18.8 Å². The molecule has 2 saturated carbocycles. The minimum Gasteiger partial charge on any atom is -0.388 e. The van der Waals surface area contributed by atoms with Gasteiger partial charge in [-0.1, -0.05) is 25.7 Å². The summed E-state index contributed by atoms with van der Waals surface area (Å²) in [6.07, 6.45) is 12.7. The molecule has 3 heterocycles. The van der Waals surface area contributed by atoms with Gasteiger partial charge in [-0.3, -0.25) is 0 Å². The van der Waals surface area contributed by atoms with Gasteiger partial charge in [0.1, 0.15) is 5.65 Å². The van der Waals surface area contributed by atoms with Crippen LogP contribution in [0.15, 0.2) is 12.3 Å². The summed E-state index contributed by atoms with van der Waals surface area (Å²) in [5, 5.41) is 16.7. The lowest BCUT2D eigenvalue weighted by Crippen LogP contribution is -2.49. The third-order valence-corrected chi connectivity index (χ3v) is 7.56. The fraction of sp³-hybridized carbons (Fsp3) is 0.696. The van der Waals surface area contributed by atoms with E-state index in [1.54, 1.807) is 0 Å². The van der Waals surface area contributed by atoms with Crippen LogP contribution in [0.1, 0.15) is 61.8 Å². The first-order chi connectivity index (χ1) is 13.2. The molecule has 0 radical (unpaired) electrons. The largest absolute Gasteiger partial charge is 0.388 e. The molecule has 0 amide bonds. The van der Waals surface area contributed by atoms with E-state index >= 15 is 0 Å². The number of fused-ring (bicyclic) bond motifs is 4. The number of aromatic nitrogens is 2. The summed E-state index contributed by atoms with van der Waals surface area (Å²) >= 11 is 0. The van der Waals surface area contributed by atoms with E-state index in [2.05, 4.69) is 22.9 Å². The molecule has 3 aliphatic rings. The van der Waals surface area contributed by atoms with E-state index in [1.165, 1.54) is 60.7 Å². The van der Waals surface area contributed by atoms with Gasteiger partial charge in [0.2, 0.25) is 0 Å². The third kappa shape index (κ3) is 3.01. The summed E-state index contributed by atoms with van der Waals surface area (Å²) in [5.41, 5.74) is 4.64. The monoisotopic (exact) mass is 367 g/mol. The zero-order chi connectivity index (χ0) is 18.4. The molecule has 4 heteroatoms. The van der Waals surface area contributed by atoms with Crippen molar-refractivity contribution in [2.45, 2.75) is 76.9 Å². The highest BCUT2D eigenvalue weighted by Gasteiger charge is 2.45. The highest BCUT2D eigenvalue weighted by Crippen LogP contribution is 2.47. The Hall–Kier alpha value is -1.39. The summed E-state index contributed by atoms with van der Waals surface area (Å²) in [6.45, 7) is 4.92. The van der Waals surface area contributed by atoms with Gasteiger partial charge in [-0.05, 0) is 68.2 Å². The minimum absolute atomic E-state index is 0.474. The van der Waals surface area contributed by atoms with Crippen molar-refractivity contribution >= 4 is 11.0 Å².